The van der Waals surface area contributed by atoms with Gasteiger partial charge in [0.05, 0.1) is 4.92 Å². The Hall–Kier alpha value is -2.65. The van der Waals surface area contributed by atoms with Gasteiger partial charge in [0.1, 0.15) is 5.75 Å². The van der Waals surface area contributed by atoms with Gasteiger partial charge in [-0.15, -0.1) is 0 Å². The second-order valence-corrected chi connectivity index (χ2v) is 6.33. The summed E-state index contributed by atoms with van der Waals surface area (Å²) >= 11 is 3.41. The van der Waals surface area contributed by atoms with E-state index in [0.29, 0.717) is 25.4 Å². The number of benzene rings is 2. The lowest BCUT2D eigenvalue weighted by atomic mass is 10.2. The Morgan fingerprint density at radius 1 is 1.19 bits per heavy atom. The van der Waals surface area contributed by atoms with Crippen LogP contribution < -0.4 is 21.1 Å². The van der Waals surface area contributed by atoms with Crippen molar-refractivity contribution in [3.8, 4) is 5.75 Å². The van der Waals surface area contributed by atoms with Gasteiger partial charge in [0.2, 0.25) is 0 Å². The first-order valence-electron chi connectivity index (χ1n) is 7.84. The van der Waals surface area contributed by atoms with Crippen LogP contribution in [0, 0.1) is 10.1 Å². The number of carbonyl (C=O) groups excluding carboxylic acids is 1. The third kappa shape index (κ3) is 6.34. The van der Waals surface area contributed by atoms with Crippen LogP contribution in [0.15, 0.2) is 46.9 Å². The number of amides is 1. The first-order chi connectivity index (χ1) is 12.5. The van der Waals surface area contributed by atoms with Crippen molar-refractivity contribution in [3.05, 3.63) is 62.6 Å². The Morgan fingerprint density at radius 3 is 2.58 bits per heavy atom. The fourth-order valence-corrected chi connectivity index (χ4v) is 2.60. The van der Waals surface area contributed by atoms with Gasteiger partial charge in [-0.3, -0.25) is 14.9 Å². The van der Waals surface area contributed by atoms with Crippen molar-refractivity contribution in [3.63, 3.8) is 0 Å². The van der Waals surface area contributed by atoms with Crippen LogP contribution in [0.1, 0.15) is 5.56 Å². The quantitative estimate of drug-likeness (QED) is 0.307. The topological polar surface area (TPSA) is 120 Å². The van der Waals surface area contributed by atoms with Gasteiger partial charge in [-0.05, 0) is 30.3 Å². The van der Waals surface area contributed by atoms with E-state index >= 15 is 0 Å². The molecule has 0 aliphatic rings. The number of carbonyl (C=O) groups is 1. The van der Waals surface area contributed by atoms with Crippen LogP contribution in [-0.2, 0) is 11.3 Å². The molecule has 8 nitrogen and oxygen atoms in total. The van der Waals surface area contributed by atoms with Crippen molar-refractivity contribution in [2.24, 2.45) is 5.73 Å². The van der Waals surface area contributed by atoms with Crippen LogP contribution in [0.25, 0.3) is 0 Å². The Bertz CT molecular complexity index is 768. The van der Waals surface area contributed by atoms with Gasteiger partial charge < -0.3 is 21.1 Å². The molecule has 9 heteroatoms. The molecule has 0 saturated carbocycles. The minimum absolute atomic E-state index is 0.0619. The Labute approximate surface area is 159 Å². The van der Waals surface area contributed by atoms with Gasteiger partial charge in [0.15, 0.2) is 6.61 Å². The molecule has 0 bridgehead atoms. The predicted octanol–water partition coefficient (Wildman–Crippen LogP) is 2.42. The molecule has 2 rings (SSSR count). The molecule has 2 aromatic rings. The summed E-state index contributed by atoms with van der Waals surface area (Å²) in [6.45, 7) is 1.69. The number of hydrogen-bond donors (Lipinski definition) is 3. The zero-order valence-corrected chi connectivity index (χ0v) is 15.5. The van der Waals surface area contributed by atoms with Gasteiger partial charge in [0, 0.05) is 47.5 Å². The fraction of sp³-hybridized carbons (Fsp3) is 0.235. The van der Waals surface area contributed by atoms with Crippen molar-refractivity contribution in [2.45, 2.75) is 6.54 Å². The average Bonchev–Trinajstić information content (AvgIpc) is 2.61. The highest BCUT2D eigenvalue weighted by atomic mass is 79.9. The summed E-state index contributed by atoms with van der Waals surface area (Å²) in [4.78, 5) is 21.1. The maximum atomic E-state index is 10.9. The maximum absolute atomic E-state index is 10.9. The van der Waals surface area contributed by atoms with E-state index in [1.165, 1.54) is 12.1 Å². The van der Waals surface area contributed by atoms with Crippen molar-refractivity contribution in [1.82, 2.24) is 5.32 Å². The summed E-state index contributed by atoms with van der Waals surface area (Å²) in [7, 11) is 0. The molecule has 1 amide bonds. The van der Waals surface area contributed by atoms with E-state index in [1.807, 2.05) is 12.1 Å². The van der Waals surface area contributed by atoms with Crippen molar-refractivity contribution >= 4 is 33.2 Å². The summed E-state index contributed by atoms with van der Waals surface area (Å²) in [5.74, 6) is 0.0713. The highest BCUT2D eigenvalue weighted by Gasteiger charge is 2.06. The first-order valence-corrected chi connectivity index (χ1v) is 8.63. The summed E-state index contributed by atoms with van der Waals surface area (Å²) in [6, 6.07) is 11.8. The largest absolute Gasteiger partial charge is 0.483 e. The molecule has 4 N–H and O–H groups in total. The van der Waals surface area contributed by atoms with Crippen molar-refractivity contribution in [2.75, 3.05) is 25.0 Å². The fourth-order valence-electron chi connectivity index (χ4n) is 2.20. The molecular weight excluding hydrogens is 404 g/mol. The van der Waals surface area contributed by atoms with E-state index in [1.54, 1.807) is 18.2 Å². The Kier molecular flexibility index (Phi) is 7.37. The van der Waals surface area contributed by atoms with Crippen LogP contribution in [0.5, 0.6) is 5.75 Å². The van der Waals surface area contributed by atoms with Gasteiger partial charge in [-0.25, -0.2) is 0 Å². The van der Waals surface area contributed by atoms with Crippen LogP contribution in [0.4, 0.5) is 11.4 Å². The van der Waals surface area contributed by atoms with Gasteiger partial charge in [-0.1, -0.05) is 15.9 Å². The summed E-state index contributed by atoms with van der Waals surface area (Å²) in [5, 5.41) is 17.1. The molecule has 0 saturated heterocycles. The number of nitrogens with two attached hydrogens (primary N) is 1. The van der Waals surface area contributed by atoms with Crippen LogP contribution in [0.2, 0.25) is 0 Å². The van der Waals surface area contributed by atoms with E-state index in [9.17, 15) is 14.9 Å². The van der Waals surface area contributed by atoms with Gasteiger partial charge in [0.25, 0.3) is 11.6 Å². The van der Waals surface area contributed by atoms with Crippen LogP contribution in [-0.4, -0.2) is 30.5 Å². The Morgan fingerprint density at radius 2 is 1.92 bits per heavy atom. The third-order valence-corrected chi connectivity index (χ3v) is 3.91. The number of halogens is 1. The van der Waals surface area contributed by atoms with Gasteiger partial charge >= 0.3 is 0 Å². The number of nitrogens with zero attached hydrogens (tertiary/aromatic N) is 1. The maximum Gasteiger partial charge on any atom is 0.269 e. The molecule has 0 heterocycles. The molecule has 0 radical (unpaired) electrons. The molecule has 0 atom stereocenters. The molecule has 0 aliphatic heterocycles. The Balaban J connectivity index is 1.79. The normalized spacial score (nSPS) is 10.3. The lowest BCUT2D eigenvalue weighted by Crippen LogP contribution is -2.23. The monoisotopic (exact) mass is 422 g/mol. The number of primary amides is 1. The average molecular weight is 423 g/mol. The third-order valence-electron chi connectivity index (χ3n) is 3.42. The SMILES string of the molecule is NC(=O)COc1ccc(Br)cc1CNCCNc1ccc([N+](=O)[O-])cc1. The molecular formula is C17H19BrN4O4. The molecule has 138 valence electrons. The first kappa shape index (κ1) is 19.7. The van der Waals surface area contributed by atoms with Crippen molar-refractivity contribution in [1.29, 1.82) is 0 Å². The molecule has 26 heavy (non-hydrogen) atoms. The number of nitro groups is 1. The molecule has 2 aromatic carbocycles. The predicted molar refractivity (Wildman–Crippen MR) is 102 cm³/mol. The number of nitrogens with one attached hydrogen (secondary N) is 2. The molecule has 0 spiro atoms. The van der Waals surface area contributed by atoms with E-state index in [-0.39, 0.29) is 12.3 Å². The summed E-state index contributed by atoms with van der Waals surface area (Å²) in [5.41, 5.74) is 6.88. The molecule has 0 aromatic heterocycles. The number of non-ortho nitro benzene ring substituents is 1. The van der Waals surface area contributed by atoms with Crippen molar-refractivity contribution < 1.29 is 14.5 Å². The smallest absolute Gasteiger partial charge is 0.269 e. The van der Waals surface area contributed by atoms with E-state index < -0.39 is 10.8 Å². The lowest BCUT2D eigenvalue weighted by molar-refractivity contribution is -0.384. The summed E-state index contributed by atoms with van der Waals surface area (Å²) < 4.78 is 6.31. The van der Waals surface area contributed by atoms with Crippen LogP contribution in [0.3, 0.4) is 0 Å². The molecule has 0 fully saturated rings. The molecule has 0 aliphatic carbocycles. The zero-order chi connectivity index (χ0) is 18.9. The number of anilines is 1. The minimum atomic E-state index is -0.529. The lowest BCUT2D eigenvalue weighted by Gasteiger charge is -2.12. The highest BCUT2D eigenvalue weighted by Crippen LogP contribution is 2.23. The highest BCUT2D eigenvalue weighted by molar-refractivity contribution is 9.10. The number of rotatable bonds is 10. The number of nitro benzene ring substituents is 1. The van der Waals surface area contributed by atoms with E-state index in [2.05, 4.69) is 26.6 Å². The minimum Gasteiger partial charge on any atom is -0.483 e. The van der Waals surface area contributed by atoms with E-state index in [0.717, 1.165) is 15.7 Å². The standard InChI is InChI=1S/C17H19BrN4O4/c18-13-1-6-16(26-11-17(19)23)12(9-13)10-20-7-8-21-14-2-4-15(5-3-14)22(24)25/h1-6,9,20-21H,7-8,10-11H2,(H2,19,23). The summed E-state index contributed by atoms with van der Waals surface area (Å²) in [6.07, 6.45) is 0. The van der Waals surface area contributed by atoms with E-state index in [4.69, 9.17) is 10.5 Å². The number of ether oxygens (including phenoxy) is 1. The van der Waals surface area contributed by atoms with Crippen LogP contribution >= 0.6 is 15.9 Å². The number of hydrogen-bond acceptors (Lipinski definition) is 6. The molecule has 0 unspecified atom stereocenters. The second-order valence-electron chi connectivity index (χ2n) is 5.41. The zero-order valence-electron chi connectivity index (χ0n) is 13.9. The van der Waals surface area contributed by atoms with Gasteiger partial charge in [-0.2, -0.15) is 0 Å². The second kappa shape index (κ2) is 9.73.